The number of hydrogen-bond acceptors (Lipinski definition) is 6. The Morgan fingerprint density at radius 1 is 1.26 bits per heavy atom. The Morgan fingerprint density at radius 2 is 2.04 bits per heavy atom. The molecule has 0 radical (unpaired) electrons. The van der Waals surface area contributed by atoms with Crippen LogP contribution in [0.5, 0.6) is 0 Å². The highest BCUT2D eigenvalue weighted by atomic mass is 19.4. The van der Waals surface area contributed by atoms with Crippen molar-refractivity contribution in [3.05, 3.63) is 6.33 Å². The second-order valence-electron chi connectivity index (χ2n) is 7.39. The maximum absolute atomic E-state index is 13.0. The molecule has 2 aliphatic heterocycles. The normalized spacial score (nSPS) is 22.4. The number of fused-ring (bicyclic) bond motifs is 1. The first-order valence-corrected chi connectivity index (χ1v) is 9.32. The van der Waals surface area contributed by atoms with Crippen molar-refractivity contribution in [1.82, 2.24) is 14.9 Å². The third-order valence-electron chi connectivity index (χ3n) is 5.28. The van der Waals surface area contributed by atoms with E-state index >= 15 is 0 Å². The molecule has 1 aromatic rings. The first-order chi connectivity index (χ1) is 12.9. The summed E-state index contributed by atoms with van der Waals surface area (Å²) in [5.74, 6) is 1.30. The first-order valence-electron chi connectivity index (χ1n) is 9.32. The van der Waals surface area contributed by atoms with Crippen molar-refractivity contribution in [2.75, 3.05) is 48.0 Å². The average Bonchev–Trinajstić information content (AvgIpc) is 3.26. The summed E-state index contributed by atoms with van der Waals surface area (Å²) in [7, 11) is 0. The van der Waals surface area contributed by atoms with Gasteiger partial charge in [-0.2, -0.15) is 13.2 Å². The Labute approximate surface area is 155 Å². The molecule has 3 aliphatic rings. The minimum Gasteiger partial charge on any atom is -0.364 e. The molecule has 1 aliphatic carbocycles. The standard InChI is InChI=1S/C17H23F3N6O/c1-2-24-10-26(8-17(18,19)20)13-14(21-9-22-15(13)24)23-12-5-6-25(7-12)16(27)11-3-4-11/h9,11-12H,2-8,10H2,1H3,(H,21,22,23). The third-order valence-corrected chi connectivity index (χ3v) is 5.28. The number of likely N-dealkylation sites (tertiary alicyclic amines) is 1. The van der Waals surface area contributed by atoms with Gasteiger partial charge in [0.1, 0.15) is 18.6 Å². The van der Waals surface area contributed by atoms with Gasteiger partial charge in [0, 0.05) is 31.6 Å². The number of amides is 1. The number of rotatable bonds is 5. The average molecular weight is 384 g/mol. The van der Waals surface area contributed by atoms with Crippen LogP contribution in [0.2, 0.25) is 0 Å². The minimum atomic E-state index is -4.31. The fraction of sp³-hybridized carbons (Fsp3) is 0.706. The van der Waals surface area contributed by atoms with Crippen molar-refractivity contribution in [2.45, 2.75) is 38.4 Å². The molecule has 1 aromatic heterocycles. The van der Waals surface area contributed by atoms with E-state index in [1.807, 2.05) is 11.8 Å². The number of halogens is 3. The van der Waals surface area contributed by atoms with E-state index in [4.69, 9.17) is 0 Å². The lowest BCUT2D eigenvalue weighted by Crippen LogP contribution is -2.38. The summed E-state index contributed by atoms with van der Waals surface area (Å²) in [6.07, 6.45) is -0.246. The molecule has 1 saturated heterocycles. The van der Waals surface area contributed by atoms with Crippen LogP contribution >= 0.6 is 0 Å². The van der Waals surface area contributed by atoms with E-state index in [1.54, 1.807) is 4.90 Å². The zero-order valence-corrected chi connectivity index (χ0v) is 15.2. The van der Waals surface area contributed by atoms with E-state index in [1.165, 1.54) is 11.2 Å². The van der Waals surface area contributed by atoms with Crippen LogP contribution in [0.3, 0.4) is 0 Å². The molecule has 10 heteroatoms. The predicted molar refractivity (Wildman–Crippen MR) is 94.7 cm³/mol. The molecule has 1 N–H and O–H groups in total. The number of anilines is 3. The molecule has 1 amide bonds. The Morgan fingerprint density at radius 3 is 2.70 bits per heavy atom. The molecular formula is C17H23F3N6O. The number of hydrogen-bond donors (Lipinski definition) is 1. The summed E-state index contributed by atoms with van der Waals surface area (Å²) >= 11 is 0. The van der Waals surface area contributed by atoms with Crippen LogP contribution in [0.4, 0.5) is 30.5 Å². The molecule has 0 aromatic carbocycles. The third kappa shape index (κ3) is 3.74. The second kappa shape index (κ2) is 6.72. The van der Waals surface area contributed by atoms with Crippen molar-refractivity contribution >= 4 is 23.2 Å². The molecule has 27 heavy (non-hydrogen) atoms. The molecule has 7 nitrogen and oxygen atoms in total. The van der Waals surface area contributed by atoms with E-state index in [2.05, 4.69) is 15.3 Å². The van der Waals surface area contributed by atoms with Crippen LogP contribution in [-0.4, -0.2) is 65.8 Å². The summed E-state index contributed by atoms with van der Waals surface area (Å²) in [6.45, 7) is 2.77. The van der Waals surface area contributed by atoms with Crippen molar-refractivity contribution in [2.24, 2.45) is 5.92 Å². The Kier molecular flexibility index (Phi) is 4.51. The zero-order valence-electron chi connectivity index (χ0n) is 15.2. The quantitative estimate of drug-likeness (QED) is 0.839. The number of carbonyl (C=O) groups excluding carboxylic acids is 1. The SMILES string of the molecule is CCN1CN(CC(F)(F)F)c2c(NC3CCN(C(=O)C4CC4)C3)ncnc21. The van der Waals surface area contributed by atoms with E-state index in [-0.39, 0.29) is 24.5 Å². The summed E-state index contributed by atoms with van der Waals surface area (Å²) in [4.78, 5) is 25.6. The first kappa shape index (κ1) is 18.1. The zero-order chi connectivity index (χ0) is 19.2. The van der Waals surface area contributed by atoms with Gasteiger partial charge in [0.25, 0.3) is 0 Å². The van der Waals surface area contributed by atoms with Crippen LogP contribution in [-0.2, 0) is 4.79 Å². The van der Waals surface area contributed by atoms with Crippen LogP contribution in [0.1, 0.15) is 26.2 Å². The van der Waals surface area contributed by atoms with Gasteiger partial charge in [-0.3, -0.25) is 4.79 Å². The van der Waals surface area contributed by atoms with Crippen molar-refractivity contribution in [3.63, 3.8) is 0 Å². The summed E-state index contributed by atoms with van der Waals surface area (Å²) in [6, 6.07) is -0.0184. The van der Waals surface area contributed by atoms with Gasteiger partial charge in [0.05, 0.1) is 6.67 Å². The van der Waals surface area contributed by atoms with E-state index in [9.17, 15) is 18.0 Å². The molecule has 2 fully saturated rings. The van der Waals surface area contributed by atoms with E-state index in [0.29, 0.717) is 37.0 Å². The Hall–Kier alpha value is -2.26. The second-order valence-corrected chi connectivity index (χ2v) is 7.39. The monoisotopic (exact) mass is 384 g/mol. The highest BCUT2D eigenvalue weighted by Crippen LogP contribution is 2.41. The fourth-order valence-corrected chi connectivity index (χ4v) is 3.80. The van der Waals surface area contributed by atoms with Gasteiger partial charge in [-0.1, -0.05) is 0 Å². The number of alkyl halides is 3. The number of aromatic nitrogens is 2. The number of nitrogens with zero attached hydrogens (tertiary/aromatic N) is 5. The lowest BCUT2D eigenvalue weighted by molar-refractivity contribution is -0.131. The fourth-order valence-electron chi connectivity index (χ4n) is 3.80. The molecule has 4 rings (SSSR count). The van der Waals surface area contributed by atoms with Crippen LogP contribution in [0.15, 0.2) is 6.33 Å². The lowest BCUT2D eigenvalue weighted by atomic mass is 10.2. The highest BCUT2D eigenvalue weighted by Gasteiger charge is 2.40. The maximum Gasteiger partial charge on any atom is 0.405 e. The van der Waals surface area contributed by atoms with Crippen LogP contribution in [0.25, 0.3) is 0 Å². The lowest BCUT2D eigenvalue weighted by Gasteiger charge is -2.23. The van der Waals surface area contributed by atoms with Gasteiger partial charge in [-0.05, 0) is 26.2 Å². The highest BCUT2D eigenvalue weighted by molar-refractivity contribution is 5.83. The molecular weight excluding hydrogens is 361 g/mol. The number of nitrogens with one attached hydrogen (secondary N) is 1. The predicted octanol–water partition coefficient (Wildman–Crippen LogP) is 2.07. The topological polar surface area (TPSA) is 64.6 Å². The summed E-state index contributed by atoms with van der Waals surface area (Å²) < 4.78 is 39.1. The molecule has 1 atom stereocenters. The van der Waals surface area contributed by atoms with Gasteiger partial charge >= 0.3 is 6.18 Å². The van der Waals surface area contributed by atoms with Crippen molar-refractivity contribution in [1.29, 1.82) is 0 Å². The summed E-state index contributed by atoms with van der Waals surface area (Å²) in [5, 5.41) is 3.27. The number of carbonyl (C=O) groups is 1. The van der Waals surface area contributed by atoms with Gasteiger partial charge < -0.3 is 20.0 Å². The Bertz CT molecular complexity index is 723. The molecule has 0 bridgehead atoms. The molecule has 148 valence electrons. The van der Waals surface area contributed by atoms with E-state index in [0.717, 1.165) is 19.3 Å². The molecule has 1 saturated carbocycles. The van der Waals surface area contributed by atoms with Crippen LogP contribution in [0, 0.1) is 5.92 Å². The molecule has 3 heterocycles. The van der Waals surface area contributed by atoms with Crippen molar-refractivity contribution in [3.8, 4) is 0 Å². The maximum atomic E-state index is 13.0. The minimum absolute atomic E-state index is 0.0184. The van der Waals surface area contributed by atoms with Gasteiger partial charge in [-0.25, -0.2) is 9.97 Å². The molecule has 0 spiro atoms. The van der Waals surface area contributed by atoms with Gasteiger partial charge in [-0.15, -0.1) is 0 Å². The van der Waals surface area contributed by atoms with Gasteiger partial charge in [0.15, 0.2) is 11.6 Å². The van der Waals surface area contributed by atoms with Gasteiger partial charge in [0.2, 0.25) is 5.91 Å². The smallest absolute Gasteiger partial charge is 0.364 e. The molecule has 1 unspecified atom stereocenters. The Balaban J connectivity index is 1.52. The van der Waals surface area contributed by atoms with Crippen LogP contribution < -0.4 is 15.1 Å². The van der Waals surface area contributed by atoms with Crippen molar-refractivity contribution < 1.29 is 18.0 Å². The summed E-state index contributed by atoms with van der Waals surface area (Å²) in [5.41, 5.74) is 0.392. The largest absolute Gasteiger partial charge is 0.405 e. The van der Waals surface area contributed by atoms with E-state index < -0.39 is 12.7 Å².